The van der Waals surface area contributed by atoms with E-state index in [4.69, 9.17) is 0 Å². The van der Waals surface area contributed by atoms with Crippen molar-refractivity contribution in [1.82, 2.24) is 15.0 Å². The number of para-hydroxylation sites is 1. The van der Waals surface area contributed by atoms with E-state index in [-0.39, 0.29) is 18.4 Å². The number of benzene rings is 2. The molecule has 1 fully saturated rings. The molecule has 0 unspecified atom stereocenters. The third-order valence-electron chi connectivity index (χ3n) is 4.23. The van der Waals surface area contributed by atoms with E-state index in [9.17, 15) is 9.59 Å². The molecular weight excluding hydrogens is 318 g/mol. The van der Waals surface area contributed by atoms with Crippen LogP contribution in [0.1, 0.15) is 12.8 Å². The van der Waals surface area contributed by atoms with E-state index in [0.717, 1.165) is 29.7 Å². The molecule has 1 aliphatic heterocycles. The van der Waals surface area contributed by atoms with Gasteiger partial charge in [-0.1, -0.05) is 23.4 Å². The number of amides is 2. The van der Waals surface area contributed by atoms with Crippen LogP contribution in [0.25, 0.3) is 11.0 Å². The number of aromatic nitrogens is 3. The lowest BCUT2D eigenvalue weighted by Gasteiger charge is -2.16. The zero-order valence-corrected chi connectivity index (χ0v) is 13.6. The summed E-state index contributed by atoms with van der Waals surface area (Å²) >= 11 is 0. The van der Waals surface area contributed by atoms with Gasteiger partial charge in [-0.2, -0.15) is 0 Å². The topological polar surface area (TPSA) is 80.1 Å². The van der Waals surface area contributed by atoms with Crippen molar-refractivity contribution >= 4 is 34.2 Å². The number of nitrogens with zero attached hydrogens (tertiary/aromatic N) is 4. The van der Waals surface area contributed by atoms with Gasteiger partial charge in [0.25, 0.3) is 0 Å². The summed E-state index contributed by atoms with van der Waals surface area (Å²) in [7, 11) is 0. The molecule has 4 rings (SSSR count). The normalized spacial score (nSPS) is 14.2. The maximum Gasteiger partial charge on any atom is 0.246 e. The third kappa shape index (κ3) is 3.08. The van der Waals surface area contributed by atoms with Crippen LogP contribution in [0.4, 0.5) is 11.4 Å². The van der Waals surface area contributed by atoms with Gasteiger partial charge in [0.1, 0.15) is 12.1 Å². The number of hydrogen-bond donors (Lipinski definition) is 1. The van der Waals surface area contributed by atoms with Crippen molar-refractivity contribution in [2.45, 2.75) is 19.4 Å². The van der Waals surface area contributed by atoms with Crippen LogP contribution in [-0.2, 0) is 16.1 Å². The van der Waals surface area contributed by atoms with Crippen molar-refractivity contribution in [3.8, 4) is 0 Å². The molecular formula is C18H17N5O2. The number of rotatable bonds is 4. The molecule has 0 saturated carbocycles. The van der Waals surface area contributed by atoms with Crippen molar-refractivity contribution in [3.63, 3.8) is 0 Å². The molecule has 1 aliphatic rings. The number of carbonyl (C=O) groups excluding carboxylic acids is 2. The smallest absolute Gasteiger partial charge is 0.246 e. The highest BCUT2D eigenvalue weighted by molar-refractivity contribution is 5.97. The number of carbonyl (C=O) groups is 2. The molecule has 0 radical (unpaired) electrons. The second-order valence-electron chi connectivity index (χ2n) is 5.98. The van der Waals surface area contributed by atoms with Crippen LogP contribution in [0, 0.1) is 0 Å². The molecule has 2 heterocycles. The standard InChI is InChI=1S/C18H17N5O2/c24-17(12-23-16-8-2-1-7-15(16)20-21-23)19-13-5-3-6-14(11-13)22-10-4-9-18(22)25/h1-3,5-8,11H,4,9-10,12H2,(H,19,24). The number of nitrogens with one attached hydrogen (secondary N) is 1. The van der Waals surface area contributed by atoms with Gasteiger partial charge in [0.15, 0.2) is 0 Å². The Hall–Kier alpha value is -3.22. The largest absolute Gasteiger partial charge is 0.324 e. The van der Waals surface area contributed by atoms with Crippen LogP contribution in [0.5, 0.6) is 0 Å². The molecule has 3 aromatic rings. The van der Waals surface area contributed by atoms with Crippen LogP contribution in [0.3, 0.4) is 0 Å². The van der Waals surface area contributed by atoms with Gasteiger partial charge in [0.05, 0.1) is 5.52 Å². The van der Waals surface area contributed by atoms with Crippen molar-refractivity contribution in [1.29, 1.82) is 0 Å². The van der Waals surface area contributed by atoms with Gasteiger partial charge < -0.3 is 10.2 Å². The van der Waals surface area contributed by atoms with Gasteiger partial charge in [-0.25, -0.2) is 4.68 Å². The quantitative estimate of drug-likeness (QED) is 0.792. The van der Waals surface area contributed by atoms with Gasteiger partial charge in [-0.05, 0) is 36.8 Å². The minimum atomic E-state index is -0.194. The fourth-order valence-corrected chi connectivity index (χ4v) is 3.04. The molecule has 0 atom stereocenters. The predicted molar refractivity (Wildman–Crippen MR) is 94.2 cm³/mol. The Morgan fingerprint density at radius 3 is 2.88 bits per heavy atom. The molecule has 0 spiro atoms. The number of fused-ring (bicyclic) bond motifs is 1. The van der Waals surface area contributed by atoms with Gasteiger partial charge in [0, 0.05) is 24.3 Å². The van der Waals surface area contributed by atoms with E-state index < -0.39 is 0 Å². The van der Waals surface area contributed by atoms with E-state index >= 15 is 0 Å². The SMILES string of the molecule is O=C(Cn1nnc2ccccc21)Nc1cccc(N2CCCC2=O)c1. The monoisotopic (exact) mass is 335 g/mol. The van der Waals surface area contributed by atoms with E-state index in [1.807, 2.05) is 42.5 Å². The second kappa shape index (κ2) is 6.35. The first-order chi connectivity index (χ1) is 12.2. The minimum Gasteiger partial charge on any atom is -0.324 e. The summed E-state index contributed by atoms with van der Waals surface area (Å²) in [6.45, 7) is 0.800. The molecule has 1 aromatic heterocycles. The number of hydrogen-bond acceptors (Lipinski definition) is 4. The van der Waals surface area contributed by atoms with E-state index in [1.54, 1.807) is 15.6 Å². The molecule has 1 saturated heterocycles. The average Bonchev–Trinajstić information content (AvgIpc) is 3.22. The average molecular weight is 335 g/mol. The maximum absolute atomic E-state index is 12.3. The van der Waals surface area contributed by atoms with Gasteiger partial charge >= 0.3 is 0 Å². The highest BCUT2D eigenvalue weighted by Crippen LogP contribution is 2.24. The lowest BCUT2D eigenvalue weighted by atomic mass is 10.2. The fourth-order valence-electron chi connectivity index (χ4n) is 3.04. The Balaban J connectivity index is 1.48. The predicted octanol–water partition coefficient (Wildman–Crippen LogP) is 2.20. The second-order valence-corrected chi connectivity index (χ2v) is 5.98. The van der Waals surface area contributed by atoms with E-state index in [0.29, 0.717) is 12.1 Å². The summed E-state index contributed by atoms with van der Waals surface area (Å²) in [6, 6.07) is 14.8. The molecule has 7 heteroatoms. The summed E-state index contributed by atoms with van der Waals surface area (Å²) < 4.78 is 1.57. The molecule has 126 valence electrons. The van der Waals surface area contributed by atoms with Gasteiger partial charge in [-0.3, -0.25) is 9.59 Å². The van der Waals surface area contributed by atoms with E-state index in [2.05, 4.69) is 15.6 Å². The Morgan fingerprint density at radius 2 is 2.04 bits per heavy atom. The van der Waals surface area contributed by atoms with Crippen LogP contribution < -0.4 is 10.2 Å². The van der Waals surface area contributed by atoms with Crippen molar-refractivity contribution < 1.29 is 9.59 Å². The molecule has 0 aliphatic carbocycles. The zero-order valence-electron chi connectivity index (χ0n) is 13.6. The first kappa shape index (κ1) is 15.3. The first-order valence-corrected chi connectivity index (χ1v) is 8.19. The maximum atomic E-state index is 12.3. The van der Waals surface area contributed by atoms with E-state index in [1.165, 1.54) is 0 Å². The Bertz CT molecular complexity index is 949. The minimum absolute atomic E-state index is 0.0768. The Labute approximate surface area is 144 Å². The van der Waals surface area contributed by atoms with Crippen LogP contribution in [-0.4, -0.2) is 33.4 Å². The van der Waals surface area contributed by atoms with Crippen molar-refractivity contribution in [2.24, 2.45) is 0 Å². The molecule has 2 aromatic carbocycles. The van der Waals surface area contributed by atoms with Crippen molar-refractivity contribution in [3.05, 3.63) is 48.5 Å². The summed E-state index contributed by atoms with van der Waals surface area (Å²) in [5, 5.41) is 10.9. The van der Waals surface area contributed by atoms with Crippen LogP contribution in [0.2, 0.25) is 0 Å². The summed E-state index contributed by atoms with van der Waals surface area (Å²) in [5.74, 6) is -0.0712. The lowest BCUT2D eigenvalue weighted by molar-refractivity contribution is -0.117. The number of anilines is 2. The fraction of sp³-hybridized carbons (Fsp3) is 0.222. The third-order valence-corrected chi connectivity index (χ3v) is 4.23. The van der Waals surface area contributed by atoms with Crippen molar-refractivity contribution in [2.75, 3.05) is 16.8 Å². The highest BCUT2D eigenvalue weighted by atomic mass is 16.2. The molecule has 25 heavy (non-hydrogen) atoms. The van der Waals surface area contributed by atoms with Crippen LogP contribution in [0.15, 0.2) is 48.5 Å². The summed E-state index contributed by atoms with van der Waals surface area (Å²) in [5.41, 5.74) is 3.04. The Morgan fingerprint density at radius 1 is 1.16 bits per heavy atom. The Kier molecular flexibility index (Phi) is 3.89. The van der Waals surface area contributed by atoms with Gasteiger partial charge in [0.2, 0.25) is 11.8 Å². The molecule has 1 N–H and O–H groups in total. The molecule has 2 amide bonds. The van der Waals surface area contributed by atoms with Crippen LogP contribution >= 0.6 is 0 Å². The highest BCUT2D eigenvalue weighted by Gasteiger charge is 2.21. The molecule has 0 bridgehead atoms. The first-order valence-electron chi connectivity index (χ1n) is 8.19. The summed E-state index contributed by atoms with van der Waals surface area (Å²) in [6.07, 6.45) is 1.45. The lowest BCUT2D eigenvalue weighted by Crippen LogP contribution is -2.24. The molecule has 7 nitrogen and oxygen atoms in total. The summed E-state index contributed by atoms with van der Waals surface area (Å²) in [4.78, 5) is 26.0. The zero-order chi connectivity index (χ0) is 17.2. The van der Waals surface area contributed by atoms with Gasteiger partial charge in [-0.15, -0.1) is 5.10 Å².